The predicted octanol–water partition coefficient (Wildman–Crippen LogP) is 3.37. The van der Waals surface area contributed by atoms with Crippen LogP contribution < -0.4 is 0 Å². The van der Waals surface area contributed by atoms with Gasteiger partial charge in [0.2, 0.25) is 0 Å². The number of pyridine rings is 1. The number of rotatable bonds is 6. The van der Waals surface area contributed by atoms with Crippen molar-refractivity contribution in [3.63, 3.8) is 0 Å². The summed E-state index contributed by atoms with van der Waals surface area (Å²) in [7, 11) is 1.84. The minimum atomic E-state index is 0.0464. The fourth-order valence-electron chi connectivity index (χ4n) is 2.21. The van der Waals surface area contributed by atoms with E-state index in [0.717, 1.165) is 35.2 Å². The second-order valence-corrected chi connectivity index (χ2v) is 5.95. The van der Waals surface area contributed by atoms with Crippen molar-refractivity contribution < 1.29 is 4.79 Å². The average molecular weight is 350 g/mol. The highest BCUT2D eigenvalue weighted by Crippen LogP contribution is 2.17. The third kappa shape index (κ3) is 4.17. The lowest BCUT2D eigenvalue weighted by Gasteiger charge is -2.18. The highest BCUT2D eigenvalue weighted by atomic mass is 79.9. The zero-order chi connectivity index (χ0) is 15.2. The molecule has 0 saturated carbocycles. The van der Waals surface area contributed by atoms with Gasteiger partial charge >= 0.3 is 0 Å². The minimum absolute atomic E-state index is 0.0464. The Balaban J connectivity index is 2.02. The Hall–Kier alpha value is -1.62. The van der Waals surface area contributed by atoms with Gasteiger partial charge in [0.15, 0.2) is 0 Å². The minimum Gasteiger partial charge on any atom is -0.342 e. The lowest BCUT2D eigenvalue weighted by Crippen LogP contribution is -2.30. The van der Waals surface area contributed by atoms with E-state index in [4.69, 9.17) is 0 Å². The van der Waals surface area contributed by atoms with E-state index in [9.17, 15) is 4.79 Å². The van der Waals surface area contributed by atoms with Crippen molar-refractivity contribution in [2.75, 3.05) is 13.6 Å². The second-order valence-electron chi connectivity index (χ2n) is 5.03. The second kappa shape index (κ2) is 7.41. The summed E-state index contributed by atoms with van der Waals surface area (Å²) in [5.74, 6) is 0.0464. The number of hydrogen-bond acceptors (Lipinski definition) is 2. The molecule has 0 aliphatic rings. The van der Waals surface area contributed by atoms with Gasteiger partial charge in [0.1, 0.15) is 5.69 Å². The molecule has 0 aromatic carbocycles. The highest BCUT2D eigenvalue weighted by Gasteiger charge is 2.16. The fraction of sp³-hybridized carbons (Fsp3) is 0.375. The Morgan fingerprint density at radius 1 is 1.43 bits per heavy atom. The molecule has 112 valence electrons. The van der Waals surface area contributed by atoms with Crippen molar-refractivity contribution in [1.82, 2.24) is 14.5 Å². The largest absolute Gasteiger partial charge is 0.342 e. The number of likely N-dealkylation sites (N-methyl/N-ethyl adjacent to an activating group) is 1. The highest BCUT2D eigenvalue weighted by molar-refractivity contribution is 9.10. The summed E-state index contributed by atoms with van der Waals surface area (Å²) in [6, 6.07) is 7.73. The molecule has 21 heavy (non-hydrogen) atoms. The Morgan fingerprint density at radius 3 is 2.90 bits per heavy atom. The van der Waals surface area contributed by atoms with Crippen molar-refractivity contribution in [1.29, 1.82) is 0 Å². The number of halogens is 1. The Labute approximate surface area is 133 Å². The summed E-state index contributed by atoms with van der Waals surface area (Å²) < 4.78 is 2.95. The van der Waals surface area contributed by atoms with Crippen LogP contribution >= 0.6 is 15.9 Å². The number of carbonyl (C=O) groups is 1. The average Bonchev–Trinajstić information content (AvgIpc) is 2.86. The third-order valence-electron chi connectivity index (χ3n) is 3.32. The van der Waals surface area contributed by atoms with Crippen LogP contribution in [0, 0.1) is 0 Å². The van der Waals surface area contributed by atoms with E-state index in [1.165, 1.54) is 0 Å². The summed E-state index contributed by atoms with van der Waals surface area (Å²) in [5, 5.41) is 0. The Kier molecular flexibility index (Phi) is 5.56. The van der Waals surface area contributed by atoms with E-state index in [1.807, 2.05) is 42.1 Å². The van der Waals surface area contributed by atoms with Gasteiger partial charge in [0, 0.05) is 49.1 Å². The topological polar surface area (TPSA) is 38.1 Å². The van der Waals surface area contributed by atoms with Gasteiger partial charge in [-0.25, -0.2) is 0 Å². The van der Waals surface area contributed by atoms with E-state index in [1.54, 1.807) is 11.1 Å². The van der Waals surface area contributed by atoms with Crippen LogP contribution in [0.1, 0.15) is 29.5 Å². The quantitative estimate of drug-likeness (QED) is 0.801. The molecule has 2 aromatic rings. The molecule has 0 aliphatic carbocycles. The fourth-order valence-corrected chi connectivity index (χ4v) is 2.67. The molecule has 0 bridgehead atoms. The molecule has 0 fully saturated rings. The standard InChI is InChI=1S/C16H20BrN3O/c1-3-9-20-12-13(17)11-15(20)16(21)19(2)10-7-14-6-4-5-8-18-14/h4-6,8,11-12H,3,7,9-10H2,1-2H3. The number of hydrogen-bond donors (Lipinski definition) is 0. The third-order valence-corrected chi connectivity index (χ3v) is 3.76. The van der Waals surface area contributed by atoms with Crippen LogP contribution in [0.15, 0.2) is 41.1 Å². The molecule has 2 aromatic heterocycles. The number of aromatic nitrogens is 2. The van der Waals surface area contributed by atoms with Crippen LogP contribution in [-0.4, -0.2) is 34.0 Å². The van der Waals surface area contributed by atoms with E-state index in [2.05, 4.69) is 27.8 Å². The first-order valence-corrected chi connectivity index (χ1v) is 7.92. The summed E-state index contributed by atoms with van der Waals surface area (Å²) in [4.78, 5) is 18.6. The normalized spacial score (nSPS) is 10.6. The molecule has 0 N–H and O–H groups in total. The van der Waals surface area contributed by atoms with E-state index < -0.39 is 0 Å². The molecule has 0 spiro atoms. The van der Waals surface area contributed by atoms with Crippen molar-refractivity contribution in [3.8, 4) is 0 Å². The van der Waals surface area contributed by atoms with E-state index in [0.29, 0.717) is 6.54 Å². The van der Waals surface area contributed by atoms with E-state index in [-0.39, 0.29) is 5.91 Å². The lowest BCUT2D eigenvalue weighted by molar-refractivity contribution is 0.0785. The molecule has 0 aliphatic heterocycles. The number of aryl methyl sites for hydroxylation is 1. The molecule has 5 heteroatoms. The van der Waals surface area contributed by atoms with E-state index >= 15 is 0 Å². The number of carbonyl (C=O) groups excluding carboxylic acids is 1. The monoisotopic (exact) mass is 349 g/mol. The van der Waals surface area contributed by atoms with Gasteiger partial charge in [-0.1, -0.05) is 13.0 Å². The van der Waals surface area contributed by atoms with Crippen LogP contribution in [0.25, 0.3) is 0 Å². The molecular weight excluding hydrogens is 330 g/mol. The summed E-state index contributed by atoms with van der Waals surface area (Å²) in [6.07, 6.45) is 5.50. The molecule has 0 saturated heterocycles. The molecule has 0 atom stereocenters. The lowest BCUT2D eigenvalue weighted by atomic mass is 10.2. The summed E-state index contributed by atoms with van der Waals surface area (Å²) in [6.45, 7) is 3.61. The van der Waals surface area contributed by atoms with Crippen molar-refractivity contribution in [3.05, 3.63) is 52.5 Å². The van der Waals surface area contributed by atoms with Crippen LogP contribution in [0.2, 0.25) is 0 Å². The summed E-state index contributed by atoms with van der Waals surface area (Å²) >= 11 is 3.44. The van der Waals surface area contributed by atoms with Gasteiger partial charge in [0.05, 0.1) is 0 Å². The van der Waals surface area contributed by atoms with Gasteiger partial charge in [-0.05, 0) is 40.5 Å². The van der Waals surface area contributed by atoms with Gasteiger partial charge in [0.25, 0.3) is 5.91 Å². The van der Waals surface area contributed by atoms with Gasteiger partial charge in [-0.3, -0.25) is 9.78 Å². The number of amides is 1. The molecule has 1 amide bonds. The molecule has 2 heterocycles. The predicted molar refractivity (Wildman–Crippen MR) is 87.3 cm³/mol. The maximum atomic E-state index is 12.5. The Morgan fingerprint density at radius 2 is 2.24 bits per heavy atom. The maximum Gasteiger partial charge on any atom is 0.270 e. The zero-order valence-electron chi connectivity index (χ0n) is 12.4. The number of nitrogens with zero attached hydrogens (tertiary/aromatic N) is 3. The van der Waals surface area contributed by atoms with Crippen LogP contribution in [-0.2, 0) is 13.0 Å². The molecule has 4 nitrogen and oxygen atoms in total. The first-order valence-electron chi connectivity index (χ1n) is 7.13. The first kappa shape index (κ1) is 15.8. The molecule has 2 rings (SSSR count). The van der Waals surface area contributed by atoms with Gasteiger partial charge < -0.3 is 9.47 Å². The molecule has 0 unspecified atom stereocenters. The van der Waals surface area contributed by atoms with Crippen LogP contribution in [0.3, 0.4) is 0 Å². The SMILES string of the molecule is CCCn1cc(Br)cc1C(=O)N(C)CCc1ccccn1. The van der Waals surface area contributed by atoms with Gasteiger partial charge in [-0.2, -0.15) is 0 Å². The Bertz CT molecular complexity index is 595. The zero-order valence-corrected chi connectivity index (χ0v) is 14.0. The maximum absolute atomic E-state index is 12.5. The van der Waals surface area contributed by atoms with Crippen molar-refractivity contribution >= 4 is 21.8 Å². The smallest absolute Gasteiger partial charge is 0.270 e. The molecule has 0 radical (unpaired) electrons. The van der Waals surface area contributed by atoms with Crippen molar-refractivity contribution in [2.45, 2.75) is 26.3 Å². The first-order chi connectivity index (χ1) is 10.1. The summed E-state index contributed by atoms with van der Waals surface area (Å²) in [5.41, 5.74) is 1.73. The van der Waals surface area contributed by atoms with Crippen LogP contribution in [0.5, 0.6) is 0 Å². The molecular formula is C16H20BrN3O. The van der Waals surface area contributed by atoms with Gasteiger partial charge in [-0.15, -0.1) is 0 Å². The van der Waals surface area contributed by atoms with Crippen molar-refractivity contribution in [2.24, 2.45) is 0 Å². The van der Waals surface area contributed by atoms with Crippen LogP contribution in [0.4, 0.5) is 0 Å².